The number of aliphatic hydroxyl groups excluding tert-OH is 1. The second-order valence-corrected chi connectivity index (χ2v) is 14.0. The van der Waals surface area contributed by atoms with E-state index in [1.54, 1.807) is 39.9 Å². The number of nitrogens with zero attached hydrogens (tertiary/aromatic N) is 3. The first-order chi connectivity index (χ1) is 18.0. The molecule has 0 saturated heterocycles. The normalized spacial score (nSPS) is 16.8. The number of halogens is 1. The summed E-state index contributed by atoms with van der Waals surface area (Å²) in [6.45, 7) is 3.45. The molecule has 2 aliphatic rings. The Morgan fingerprint density at radius 2 is 1.92 bits per heavy atom. The number of aromatic amines is 1. The fourth-order valence-corrected chi connectivity index (χ4v) is 7.41. The number of aliphatic hydroxyl groups is 1. The van der Waals surface area contributed by atoms with Crippen molar-refractivity contribution in [3.05, 3.63) is 64.6 Å². The maximum atomic E-state index is 13.8. The van der Waals surface area contributed by atoms with E-state index in [-0.39, 0.29) is 31.4 Å². The molecule has 1 saturated carbocycles. The van der Waals surface area contributed by atoms with Gasteiger partial charge in [0.1, 0.15) is 11.4 Å². The number of hydrogen-bond acceptors (Lipinski definition) is 6. The first-order valence-electron chi connectivity index (χ1n) is 12.4. The lowest BCUT2D eigenvalue weighted by Gasteiger charge is -2.35. The minimum atomic E-state index is -3.71. The van der Waals surface area contributed by atoms with Gasteiger partial charge in [-0.05, 0) is 56.5 Å². The van der Waals surface area contributed by atoms with Crippen LogP contribution in [0.5, 0.6) is 0 Å². The van der Waals surface area contributed by atoms with Gasteiger partial charge in [-0.25, -0.2) is 8.42 Å². The Balaban J connectivity index is 1.44. The van der Waals surface area contributed by atoms with E-state index in [0.29, 0.717) is 47.1 Å². The third kappa shape index (κ3) is 4.42. The first kappa shape index (κ1) is 26.5. The van der Waals surface area contributed by atoms with Gasteiger partial charge in [-0.1, -0.05) is 23.7 Å². The number of carbonyl (C=O) groups is 2. The molecular formula is C26H30ClN5O5S. The van der Waals surface area contributed by atoms with Gasteiger partial charge in [0, 0.05) is 43.0 Å². The van der Waals surface area contributed by atoms with E-state index in [2.05, 4.69) is 15.5 Å². The second kappa shape index (κ2) is 9.55. The van der Waals surface area contributed by atoms with Gasteiger partial charge in [-0.2, -0.15) is 5.10 Å². The molecule has 10 nitrogen and oxygen atoms in total. The number of aromatic nitrogens is 3. The Hall–Kier alpha value is -3.15. The van der Waals surface area contributed by atoms with E-state index < -0.39 is 25.9 Å². The highest BCUT2D eigenvalue weighted by Crippen LogP contribution is 2.49. The van der Waals surface area contributed by atoms with Gasteiger partial charge >= 0.3 is 0 Å². The summed E-state index contributed by atoms with van der Waals surface area (Å²) in [6, 6.07) is 10.5. The Morgan fingerprint density at radius 3 is 2.53 bits per heavy atom. The van der Waals surface area contributed by atoms with Crippen LogP contribution in [0.3, 0.4) is 0 Å². The summed E-state index contributed by atoms with van der Waals surface area (Å²) in [4.78, 5) is 28.6. The van der Waals surface area contributed by atoms with Crippen molar-refractivity contribution in [2.24, 2.45) is 0 Å². The second-order valence-electron chi connectivity index (χ2n) is 10.6. The minimum Gasteiger partial charge on any atom is -0.395 e. The van der Waals surface area contributed by atoms with E-state index in [4.69, 9.17) is 11.6 Å². The molecule has 3 aromatic rings. The maximum Gasteiger partial charge on any atom is 0.271 e. The van der Waals surface area contributed by atoms with Crippen molar-refractivity contribution < 1.29 is 23.1 Å². The zero-order valence-electron chi connectivity index (χ0n) is 21.2. The number of nitrogens with one attached hydrogen (secondary N) is 2. The number of rotatable bonds is 9. The zero-order chi connectivity index (χ0) is 27.3. The number of hydrogen-bond donors (Lipinski definition) is 3. The summed E-state index contributed by atoms with van der Waals surface area (Å²) >= 11 is 5.95. The summed E-state index contributed by atoms with van der Waals surface area (Å²) < 4.78 is 26.1. The lowest BCUT2D eigenvalue weighted by molar-refractivity contribution is 0.0698. The molecule has 1 aromatic carbocycles. The maximum absolute atomic E-state index is 13.8. The molecule has 2 aromatic heterocycles. The van der Waals surface area contributed by atoms with Crippen molar-refractivity contribution in [1.82, 2.24) is 25.0 Å². The highest BCUT2D eigenvalue weighted by atomic mass is 35.5. The summed E-state index contributed by atoms with van der Waals surface area (Å²) in [6.07, 6.45) is 2.44. The number of carbonyl (C=O) groups excluding carboxylic acids is 2. The standard InChI is InChI=1S/C26H30ClN5O5S/c1-25(2,16-33)38(36,37)26(8-9-26)15-31-11-12-32-21(23(34)28-14-17-3-5-18(27)6-4-17)13-19(22(32)24(31)35)20-7-10-29-30-20/h3-7,10,13,33H,8-9,11-12,14-16H2,1-2H3,(H,28,34)(H,29,30). The average molecular weight is 560 g/mol. The Kier molecular flexibility index (Phi) is 6.65. The molecule has 0 radical (unpaired) electrons. The Labute approximate surface area is 225 Å². The summed E-state index contributed by atoms with van der Waals surface area (Å²) in [7, 11) is -3.71. The molecule has 1 fully saturated rings. The molecule has 0 spiro atoms. The molecule has 3 N–H and O–H groups in total. The van der Waals surface area contributed by atoms with Crippen molar-refractivity contribution in [3.8, 4) is 11.3 Å². The summed E-state index contributed by atoms with van der Waals surface area (Å²) in [5.74, 6) is -0.681. The third-order valence-electron chi connectivity index (χ3n) is 7.54. The molecule has 0 unspecified atom stereocenters. The molecule has 202 valence electrons. The number of H-pyrrole nitrogens is 1. The van der Waals surface area contributed by atoms with E-state index in [1.165, 1.54) is 13.8 Å². The van der Waals surface area contributed by atoms with Crippen LogP contribution in [0.2, 0.25) is 5.02 Å². The van der Waals surface area contributed by atoms with E-state index in [9.17, 15) is 23.1 Å². The van der Waals surface area contributed by atoms with Gasteiger partial charge in [0.15, 0.2) is 9.84 Å². The van der Waals surface area contributed by atoms with Crippen LogP contribution in [0.4, 0.5) is 0 Å². The Morgan fingerprint density at radius 1 is 1.21 bits per heavy atom. The van der Waals surface area contributed by atoms with E-state index in [1.807, 2.05) is 12.1 Å². The van der Waals surface area contributed by atoms with Gasteiger partial charge in [0.2, 0.25) is 0 Å². The third-order valence-corrected chi connectivity index (χ3v) is 11.0. The van der Waals surface area contributed by atoms with Crippen LogP contribution in [0.1, 0.15) is 53.2 Å². The van der Waals surface area contributed by atoms with Gasteiger partial charge in [0.25, 0.3) is 11.8 Å². The SMILES string of the molecule is CC(C)(CO)S(=O)(=O)C1(CN2CCn3c(C(=O)NCc4ccc(Cl)cc4)cc(-c4ccn[nH]4)c3C2=O)CC1. The van der Waals surface area contributed by atoms with Gasteiger partial charge in [-0.3, -0.25) is 14.7 Å². The highest BCUT2D eigenvalue weighted by Gasteiger charge is 2.60. The number of benzene rings is 1. The number of sulfone groups is 1. The molecular weight excluding hydrogens is 530 g/mol. The predicted octanol–water partition coefficient (Wildman–Crippen LogP) is 2.64. The van der Waals surface area contributed by atoms with E-state index in [0.717, 1.165) is 5.56 Å². The molecule has 38 heavy (non-hydrogen) atoms. The molecule has 1 aliphatic heterocycles. The van der Waals surface area contributed by atoms with Crippen molar-refractivity contribution >= 4 is 33.3 Å². The monoisotopic (exact) mass is 559 g/mol. The van der Waals surface area contributed by atoms with Crippen LogP contribution in [-0.4, -0.2) is 74.2 Å². The first-order valence-corrected chi connectivity index (χ1v) is 14.3. The topological polar surface area (TPSA) is 137 Å². The minimum absolute atomic E-state index is 0.0449. The van der Waals surface area contributed by atoms with Gasteiger partial charge < -0.3 is 19.9 Å². The fraction of sp³-hybridized carbons (Fsp3) is 0.423. The molecule has 0 atom stereocenters. The number of amides is 2. The molecule has 5 rings (SSSR count). The predicted molar refractivity (Wildman–Crippen MR) is 143 cm³/mol. The van der Waals surface area contributed by atoms with Gasteiger partial charge in [-0.15, -0.1) is 0 Å². The van der Waals surface area contributed by atoms with Gasteiger partial charge in [0.05, 0.1) is 21.8 Å². The van der Waals surface area contributed by atoms with Crippen molar-refractivity contribution in [3.63, 3.8) is 0 Å². The smallest absolute Gasteiger partial charge is 0.271 e. The molecule has 1 aliphatic carbocycles. The van der Waals surface area contributed by atoms with Crippen LogP contribution in [0.25, 0.3) is 11.3 Å². The average Bonchev–Trinajstić information content (AvgIpc) is 3.31. The molecule has 0 bridgehead atoms. The van der Waals surface area contributed by atoms with E-state index >= 15 is 0 Å². The number of fused-ring (bicyclic) bond motifs is 1. The van der Waals surface area contributed by atoms with Crippen molar-refractivity contribution in [2.75, 3.05) is 19.7 Å². The Bertz CT molecular complexity index is 1470. The quantitative estimate of drug-likeness (QED) is 0.368. The highest BCUT2D eigenvalue weighted by molar-refractivity contribution is 7.94. The molecule has 12 heteroatoms. The molecule has 2 amide bonds. The lowest BCUT2D eigenvalue weighted by Crippen LogP contribution is -2.52. The van der Waals surface area contributed by atoms with Crippen LogP contribution in [0.15, 0.2) is 42.6 Å². The van der Waals surface area contributed by atoms with Crippen molar-refractivity contribution in [1.29, 1.82) is 0 Å². The zero-order valence-corrected chi connectivity index (χ0v) is 22.8. The van der Waals surface area contributed by atoms with Crippen LogP contribution >= 0.6 is 11.6 Å². The van der Waals surface area contributed by atoms with Crippen LogP contribution in [-0.2, 0) is 22.9 Å². The van der Waals surface area contributed by atoms with Crippen molar-refractivity contribution in [2.45, 2.75) is 49.3 Å². The molecule has 3 heterocycles. The van der Waals surface area contributed by atoms with Crippen LogP contribution < -0.4 is 5.32 Å². The largest absolute Gasteiger partial charge is 0.395 e. The summed E-state index contributed by atoms with van der Waals surface area (Å²) in [5.41, 5.74) is 2.63. The lowest BCUT2D eigenvalue weighted by atomic mass is 10.1. The fourth-order valence-electron chi connectivity index (χ4n) is 4.98. The summed E-state index contributed by atoms with van der Waals surface area (Å²) in [5, 5.41) is 20.1. The van der Waals surface area contributed by atoms with Crippen LogP contribution in [0, 0.1) is 0 Å².